The van der Waals surface area contributed by atoms with Gasteiger partial charge in [0, 0.05) is 18.7 Å². The van der Waals surface area contributed by atoms with Crippen molar-refractivity contribution in [2.24, 2.45) is 0 Å². The average Bonchev–Trinajstić information content (AvgIpc) is 3.60. The molecule has 2 amide bonds. The first kappa shape index (κ1) is 35.4. The molecule has 3 aromatic rings. The van der Waals surface area contributed by atoms with Crippen LogP contribution in [0.1, 0.15) is 51.5 Å². The Balaban J connectivity index is 1.75. The van der Waals surface area contributed by atoms with Crippen LogP contribution in [-0.2, 0) is 26.2 Å². The molecule has 1 atom stereocenters. The number of amides is 2. The third kappa shape index (κ3) is 8.68. The number of carbonyl (C=O) groups excluding carboxylic acids is 2. The molecule has 3 aromatic carbocycles. The standard InChI is InChI=1S/C35H45N3O8S/c1-6-31(35(40)36-26-10-8-9-11-26)37(23-25-12-16-28(43-3)17-13-25)34(39)24-38(27-14-18-29(19-15-27)46-7-2)47(41,42)30-20-21-32(44-4)33(22-30)45-5/h12-22,26,31H,6-11,23-24H2,1-5H3,(H,36,40)/t31-/m0/s1. The van der Waals surface area contributed by atoms with Crippen molar-refractivity contribution < 1.29 is 37.0 Å². The van der Waals surface area contributed by atoms with E-state index < -0.39 is 28.5 Å². The zero-order chi connectivity index (χ0) is 34.0. The molecule has 0 bridgehead atoms. The van der Waals surface area contributed by atoms with Crippen LogP contribution in [0.5, 0.6) is 23.0 Å². The van der Waals surface area contributed by atoms with E-state index in [2.05, 4.69) is 5.32 Å². The summed E-state index contributed by atoms with van der Waals surface area (Å²) < 4.78 is 51.3. The van der Waals surface area contributed by atoms with Gasteiger partial charge in [-0.2, -0.15) is 0 Å². The number of methoxy groups -OCH3 is 3. The van der Waals surface area contributed by atoms with Crippen LogP contribution in [0.25, 0.3) is 0 Å². The van der Waals surface area contributed by atoms with E-state index >= 15 is 0 Å². The van der Waals surface area contributed by atoms with Crippen LogP contribution < -0.4 is 28.6 Å². The Hall–Kier alpha value is -4.45. The van der Waals surface area contributed by atoms with Gasteiger partial charge in [0.25, 0.3) is 10.0 Å². The molecule has 1 aliphatic rings. The molecule has 12 heteroatoms. The van der Waals surface area contributed by atoms with Crippen molar-refractivity contribution in [3.05, 3.63) is 72.3 Å². The minimum Gasteiger partial charge on any atom is -0.497 e. The van der Waals surface area contributed by atoms with E-state index in [0.717, 1.165) is 35.6 Å². The molecule has 0 saturated heterocycles. The van der Waals surface area contributed by atoms with E-state index in [1.165, 1.54) is 37.3 Å². The van der Waals surface area contributed by atoms with E-state index in [1.54, 1.807) is 43.5 Å². The van der Waals surface area contributed by atoms with Gasteiger partial charge in [0.2, 0.25) is 11.8 Å². The number of anilines is 1. The van der Waals surface area contributed by atoms with Crippen molar-refractivity contribution in [1.82, 2.24) is 10.2 Å². The molecule has 0 radical (unpaired) electrons. The summed E-state index contributed by atoms with van der Waals surface area (Å²) in [7, 11) is 0.120. The quantitative estimate of drug-likeness (QED) is 0.222. The number of rotatable bonds is 16. The molecule has 0 heterocycles. The highest BCUT2D eigenvalue weighted by molar-refractivity contribution is 7.92. The first-order chi connectivity index (χ1) is 22.6. The van der Waals surface area contributed by atoms with Crippen molar-refractivity contribution in [1.29, 1.82) is 0 Å². The Kier molecular flexibility index (Phi) is 12.4. The Morgan fingerprint density at radius 3 is 2.06 bits per heavy atom. The largest absolute Gasteiger partial charge is 0.497 e. The maximum Gasteiger partial charge on any atom is 0.264 e. The summed E-state index contributed by atoms with van der Waals surface area (Å²) in [6.45, 7) is 3.66. The molecule has 1 saturated carbocycles. The summed E-state index contributed by atoms with van der Waals surface area (Å²) in [6, 6.07) is 17.2. The molecule has 1 N–H and O–H groups in total. The number of sulfonamides is 1. The highest BCUT2D eigenvalue weighted by Crippen LogP contribution is 2.33. The smallest absolute Gasteiger partial charge is 0.264 e. The van der Waals surface area contributed by atoms with Crippen molar-refractivity contribution in [2.75, 3.05) is 38.8 Å². The minimum absolute atomic E-state index is 0.0558. The lowest BCUT2D eigenvalue weighted by atomic mass is 10.1. The summed E-state index contributed by atoms with van der Waals surface area (Å²) in [4.78, 5) is 29.5. The number of benzene rings is 3. The van der Waals surface area contributed by atoms with E-state index in [0.29, 0.717) is 30.3 Å². The van der Waals surface area contributed by atoms with Crippen LogP contribution in [0.2, 0.25) is 0 Å². The molecule has 0 unspecified atom stereocenters. The summed E-state index contributed by atoms with van der Waals surface area (Å²) in [5, 5.41) is 3.13. The SMILES string of the molecule is CCOc1ccc(N(CC(=O)N(Cc2ccc(OC)cc2)[C@@H](CC)C(=O)NC2CCCC2)S(=O)(=O)c2ccc(OC)c(OC)c2)cc1. The molecule has 11 nitrogen and oxygen atoms in total. The topological polar surface area (TPSA) is 124 Å². The second kappa shape index (κ2) is 16.4. The van der Waals surface area contributed by atoms with Gasteiger partial charge in [-0.05, 0) is 80.3 Å². The van der Waals surface area contributed by atoms with E-state index in [1.807, 2.05) is 26.0 Å². The van der Waals surface area contributed by atoms with Gasteiger partial charge in [-0.15, -0.1) is 0 Å². The lowest BCUT2D eigenvalue weighted by Gasteiger charge is -2.34. The van der Waals surface area contributed by atoms with Crippen molar-refractivity contribution in [2.45, 2.75) is 69.5 Å². The predicted octanol–water partition coefficient (Wildman–Crippen LogP) is 5.17. The van der Waals surface area contributed by atoms with Crippen LogP contribution in [0.3, 0.4) is 0 Å². The number of carbonyl (C=O) groups is 2. The predicted molar refractivity (Wildman–Crippen MR) is 180 cm³/mol. The molecule has 1 aliphatic carbocycles. The van der Waals surface area contributed by atoms with Gasteiger partial charge in [0.1, 0.15) is 24.1 Å². The second-order valence-corrected chi connectivity index (χ2v) is 13.1. The van der Waals surface area contributed by atoms with Crippen molar-refractivity contribution in [3.8, 4) is 23.0 Å². The van der Waals surface area contributed by atoms with Crippen LogP contribution >= 0.6 is 0 Å². The molecular weight excluding hydrogens is 622 g/mol. The molecule has 4 rings (SSSR count). The molecular formula is C35H45N3O8S. The Morgan fingerprint density at radius 2 is 1.49 bits per heavy atom. The van der Waals surface area contributed by atoms with Gasteiger partial charge in [0.05, 0.1) is 38.5 Å². The summed E-state index contributed by atoms with van der Waals surface area (Å²) >= 11 is 0. The third-order valence-corrected chi connectivity index (χ3v) is 10.0. The number of nitrogens with zero attached hydrogens (tertiary/aromatic N) is 2. The maximum absolute atomic E-state index is 14.4. The Labute approximate surface area is 277 Å². The first-order valence-corrected chi connectivity index (χ1v) is 17.3. The lowest BCUT2D eigenvalue weighted by Crippen LogP contribution is -2.53. The van der Waals surface area contributed by atoms with Crippen LogP contribution in [0.15, 0.2) is 71.6 Å². The fourth-order valence-electron chi connectivity index (χ4n) is 5.72. The fourth-order valence-corrected chi connectivity index (χ4v) is 7.15. The highest BCUT2D eigenvalue weighted by Gasteiger charge is 2.35. The van der Waals surface area contributed by atoms with Gasteiger partial charge in [-0.25, -0.2) is 8.42 Å². The number of ether oxygens (including phenoxy) is 4. The monoisotopic (exact) mass is 667 g/mol. The average molecular weight is 668 g/mol. The van der Waals surface area contributed by atoms with E-state index in [-0.39, 0.29) is 34.8 Å². The van der Waals surface area contributed by atoms with Crippen molar-refractivity contribution >= 4 is 27.5 Å². The number of nitrogens with one attached hydrogen (secondary N) is 1. The zero-order valence-corrected chi connectivity index (χ0v) is 28.5. The van der Waals surface area contributed by atoms with E-state index in [9.17, 15) is 18.0 Å². The second-order valence-electron chi connectivity index (χ2n) is 11.2. The molecule has 0 spiro atoms. The van der Waals surface area contributed by atoms with Gasteiger partial charge in [-0.1, -0.05) is 31.9 Å². The molecule has 0 aromatic heterocycles. The molecule has 254 valence electrons. The zero-order valence-electron chi connectivity index (χ0n) is 27.7. The molecule has 47 heavy (non-hydrogen) atoms. The fraction of sp³-hybridized carbons (Fsp3) is 0.429. The number of hydrogen-bond donors (Lipinski definition) is 1. The summed E-state index contributed by atoms with van der Waals surface area (Å²) in [5.41, 5.74) is 1.02. The van der Waals surface area contributed by atoms with Gasteiger partial charge in [0.15, 0.2) is 11.5 Å². The number of hydrogen-bond acceptors (Lipinski definition) is 8. The Morgan fingerprint density at radius 1 is 0.851 bits per heavy atom. The van der Waals surface area contributed by atoms with Crippen molar-refractivity contribution in [3.63, 3.8) is 0 Å². The first-order valence-electron chi connectivity index (χ1n) is 15.9. The molecule has 1 fully saturated rings. The van der Waals surface area contributed by atoms with Gasteiger partial charge < -0.3 is 29.2 Å². The summed E-state index contributed by atoms with van der Waals surface area (Å²) in [5.74, 6) is 1.01. The van der Waals surface area contributed by atoms with Crippen LogP contribution in [-0.4, -0.2) is 71.7 Å². The van der Waals surface area contributed by atoms with Gasteiger partial charge >= 0.3 is 0 Å². The Bertz CT molecular complexity index is 1590. The summed E-state index contributed by atoms with van der Waals surface area (Å²) in [6.07, 6.45) is 4.21. The van der Waals surface area contributed by atoms with E-state index in [4.69, 9.17) is 18.9 Å². The normalized spacial score (nSPS) is 13.8. The highest BCUT2D eigenvalue weighted by atomic mass is 32.2. The molecule has 0 aliphatic heterocycles. The van der Waals surface area contributed by atoms with Gasteiger partial charge in [-0.3, -0.25) is 13.9 Å². The van der Waals surface area contributed by atoms with Crippen LogP contribution in [0.4, 0.5) is 5.69 Å². The third-order valence-electron chi connectivity index (χ3n) is 8.26. The lowest BCUT2D eigenvalue weighted by molar-refractivity contribution is -0.140. The van der Waals surface area contributed by atoms with Crippen LogP contribution in [0, 0.1) is 0 Å². The maximum atomic E-state index is 14.4. The minimum atomic E-state index is -4.33.